The smallest absolute Gasteiger partial charge is 0.273 e. The van der Waals surface area contributed by atoms with E-state index >= 15 is 0 Å². The Morgan fingerprint density at radius 3 is 2.48 bits per heavy atom. The Hall–Kier alpha value is -1.42. The highest BCUT2D eigenvalue weighted by atomic mass is 16.6. The molecule has 114 valence electrons. The number of hydrogen-bond donors (Lipinski definition) is 0. The zero-order chi connectivity index (χ0) is 14.7. The van der Waals surface area contributed by atoms with Gasteiger partial charge >= 0.3 is 0 Å². The molecule has 0 N–H and O–H groups in total. The van der Waals surface area contributed by atoms with Crippen molar-refractivity contribution in [1.29, 1.82) is 0 Å². The van der Waals surface area contributed by atoms with Gasteiger partial charge in [-0.15, -0.1) is 0 Å². The molecule has 0 aromatic heterocycles. The van der Waals surface area contributed by atoms with E-state index in [-0.39, 0.29) is 10.6 Å². The van der Waals surface area contributed by atoms with Gasteiger partial charge in [-0.3, -0.25) is 15.0 Å². The summed E-state index contributed by atoms with van der Waals surface area (Å²) in [6, 6.07) is 7.84. The van der Waals surface area contributed by atoms with Crippen LogP contribution in [-0.2, 0) is 6.54 Å². The molecular weight excluding hydrogens is 264 g/mol. The van der Waals surface area contributed by atoms with E-state index in [0.717, 1.165) is 24.6 Å². The first-order valence-corrected chi connectivity index (χ1v) is 8.20. The first kappa shape index (κ1) is 14.5. The molecule has 4 heteroatoms. The Morgan fingerprint density at radius 2 is 1.81 bits per heavy atom. The number of benzene rings is 1. The summed E-state index contributed by atoms with van der Waals surface area (Å²) in [7, 11) is 0. The van der Waals surface area contributed by atoms with Gasteiger partial charge in [-0.25, -0.2) is 0 Å². The van der Waals surface area contributed by atoms with Gasteiger partial charge in [0.15, 0.2) is 0 Å². The van der Waals surface area contributed by atoms with Gasteiger partial charge < -0.3 is 0 Å². The van der Waals surface area contributed by atoms with Gasteiger partial charge in [0.25, 0.3) is 5.69 Å². The van der Waals surface area contributed by atoms with Crippen molar-refractivity contribution in [2.75, 3.05) is 6.54 Å². The number of para-hydroxylation sites is 1. The molecule has 0 unspecified atom stereocenters. The summed E-state index contributed by atoms with van der Waals surface area (Å²) in [5.41, 5.74) is 1.14. The van der Waals surface area contributed by atoms with Crippen LogP contribution in [0.15, 0.2) is 24.3 Å². The van der Waals surface area contributed by atoms with Crippen LogP contribution in [0.25, 0.3) is 0 Å². The Bertz CT molecular complexity index is 493. The van der Waals surface area contributed by atoms with Crippen molar-refractivity contribution in [3.8, 4) is 0 Å². The van der Waals surface area contributed by atoms with Crippen molar-refractivity contribution < 1.29 is 4.92 Å². The quantitative estimate of drug-likeness (QED) is 0.584. The van der Waals surface area contributed by atoms with E-state index in [0.29, 0.717) is 6.04 Å². The highest BCUT2D eigenvalue weighted by molar-refractivity contribution is 5.39. The Morgan fingerprint density at radius 1 is 1.10 bits per heavy atom. The van der Waals surface area contributed by atoms with Gasteiger partial charge in [0.05, 0.1) is 4.92 Å². The minimum Gasteiger partial charge on any atom is -0.296 e. The number of nitrogens with zero attached hydrogens (tertiary/aromatic N) is 2. The molecule has 2 aliphatic carbocycles. The standard InChI is InChI=1S/C17H24N2O2/c20-19(21)17-9-5-4-6-15(17)13-18(12-14-10-11-14)16-7-2-1-3-8-16/h4-6,9,14,16H,1-3,7-8,10-13H2. The number of hydrogen-bond acceptors (Lipinski definition) is 3. The summed E-state index contributed by atoms with van der Waals surface area (Å²) in [6.07, 6.45) is 9.14. The summed E-state index contributed by atoms with van der Waals surface area (Å²) >= 11 is 0. The van der Waals surface area contributed by atoms with Crippen molar-refractivity contribution >= 4 is 5.69 Å². The lowest BCUT2D eigenvalue weighted by Gasteiger charge is -2.34. The van der Waals surface area contributed by atoms with Gasteiger partial charge in [-0.2, -0.15) is 0 Å². The van der Waals surface area contributed by atoms with Crippen molar-refractivity contribution in [1.82, 2.24) is 4.90 Å². The van der Waals surface area contributed by atoms with Crippen LogP contribution in [0, 0.1) is 16.0 Å². The molecule has 0 bridgehead atoms. The summed E-state index contributed by atoms with van der Waals surface area (Å²) in [4.78, 5) is 13.5. The molecule has 0 spiro atoms. The SMILES string of the molecule is O=[N+]([O-])c1ccccc1CN(CC1CC1)C1CCCCC1. The summed E-state index contributed by atoms with van der Waals surface area (Å²) in [5.74, 6) is 0.828. The van der Waals surface area contributed by atoms with Gasteiger partial charge in [0, 0.05) is 30.8 Å². The van der Waals surface area contributed by atoms with E-state index in [4.69, 9.17) is 0 Å². The van der Waals surface area contributed by atoms with E-state index in [9.17, 15) is 10.1 Å². The fraction of sp³-hybridized carbons (Fsp3) is 0.647. The highest BCUT2D eigenvalue weighted by Crippen LogP contribution is 2.34. The largest absolute Gasteiger partial charge is 0.296 e. The minimum atomic E-state index is -0.245. The highest BCUT2D eigenvalue weighted by Gasteiger charge is 2.30. The molecule has 0 atom stereocenters. The van der Waals surface area contributed by atoms with Gasteiger partial charge in [0.1, 0.15) is 0 Å². The average Bonchev–Trinajstić information content (AvgIpc) is 3.32. The van der Waals surface area contributed by atoms with Crippen LogP contribution in [0.5, 0.6) is 0 Å². The summed E-state index contributed by atoms with van der Waals surface area (Å²) in [5, 5.41) is 11.2. The topological polar surface area (TPSA) is 46.4 Å². The lowest BCUT2D eigenvalue weighted by atomic mass is 9.93. The summed E-state index contributed by atoms with van der Waals surface area (Å²) < 4.78 is 0. The van der Waals surface area contributed by atoms with Crippen molar-refractivity contribution in [3.63, 3.8) is 0 Å². The van der Waals surface area contributed by atoms with E-state index in [1.54, 1.807) is 12.1 Å². The lowest BCUT2D eigenvalue weighted by Crippen LogP contribution is -2.37. The second-order valence-corrected chi connectivity index (χ2v) is 6.55. The minimum absolute atomic E-state index is 0.245. The maximum atomic E-state index is 11.2. The van der Waals surface area contributed by atoms with Crippen LogP contribution in [-0.4, -0.2) is 22.4 Å². The zero-order valence-corrected chi connectivity index (χ0v) is 12.5. The lowest BCUT2D eigenvalue weighted by molar-refractivity contribution is -0.385. The van der Waals surface area contributed by atoms with Gasteiger partial charge in [0.2, 0.25) is 0 Å². The molecule has 21 heavy (non-hydrogen) atoms. The van der Waals surface area contributed by atoms with Crippen LogP contribution in [0.2, 0.25) is 0 Å². The van der Waals surface area contributed by atoms with Crippen LogP contribution >= 0.6 is 0 Å². The monoisotopic (exact) mass is 288 g/mol. The van der Waals surface area contributed by atoms with E-state index in [2.05, 4.69) is 4.90 Å². The van der Waals surface area contributed by atoms with Gasteiger partial charge in [-0.1, -0.05) is 37.5 Å². The molecule has 0 saturated heterocycles. The molecule has 4 nitrogen and oxygen atoms in total. The maximum Gasteiger partial charge on any atom is 0.273 e. The fourth-order valence-electron chi connectivity index (χ4n) is 3.46. The molecule has 0 radical (unpaired) electrons. The number of rotatable bonds is 6. The number of nitro benzene ring substituents is 1. The van der Waals surface area contributed by atoms with Crippen molar-refractivity contribution in [2.24, 2.45) is 5.92 Å². The first-order chi connectivity index (χ1) is 10.2. The van der Waals surface area contributed by atoms with Crippen molar-refractivity contribution in [3.05, 3.63) is 39.9 Å². The van der Waals surface area contributed by atoms with E-state index < -0.39 is 0 Å². The average molecular weight is 288 g/mol. The molecule has 0 amide bonds. The van der Waals surface area contributed by atoms with E-state index in [1.807, 2.05) is 12.1 Å². The third kappa shape index (κ3) is 3.82. The molecule has 3 rings (SSSR count). The zero-order valence-electron chi connectivity index (χ0n) is 12.5. The van der Waals surface area contributed by atoms with E-state index in [1.165, 1.54) is 44.9 Å². The third-order valence-electron chi connectivity index (χ3n) is 4.84. The molecule has 0 aliphatic heterocycles. The van der Waals surface area contributed by atoms with Crippen LogP contribution < -0.4 is 0 Å². The fourth-order valence-corrected chi connectivity index (χ4v) is 3.46. The first-order valence-electron chi connectivity index (χ1n) is 8.20. The molecule has 0 heterocycles. The molecule has 2 saturated carbocycles. The van der Waals surface area contributed by atoms with Crippen LogP contribution in [0.1, 0.15) is 50.5 Å². The Kier molecular flexibility index (Phi) is 4.54. The Balaban J connectivity index is 1.75. The second kappa shape index (κ2) is 6.56. The van der Waals surface area contributed by atoms with Crippen LogP contribution in [0.4, 0.5) is 5.69 Å². The molecule has 2 fully saturated rings. The Labute approximate surface area is 126 Å². The molecule has 2 aliphatic rings. The van der Waals surface area contributed by atoms with Crippen LogP contribution in [0.3, 0.4) is 0 Å². The maximum absolute atomic E-state index is 11.2. The van der Waals surface area contributed by atoms with Gasteiger partial charge in [-0.05, 0) is 31.6 Å². The number of nitro groups is 1. The predicted octanol–water partition coefficient (Wildman–Crippen LogP) is 4.14. The molecule has 1 aromatic carbocycles. The second-order valence-electron chi connectivity index (χ2n) is 6.55. The normalized spacial score (nSPS) is 19.9. The third-order valence-corrected chi connectivity index (χ3v) is 4.84. The van der Waals surface area contributed by atoms with Crippen molar-refractivity contribution in [2.45, 2.75) is 57.5 Å². The molecular formula is C17H24N2O2. The summed E-state index contributed by atoms with van der Waals surface area (Å²) in [6.45, 7) is 1.86. The predicted molar refractivity (Wildman–Crippen MR) is 83.1 cm³/mol. The molecule has 1 aromatic rings.